The van der Waals surface area contributed by atoms with E-state index in [0.717, 1.165) is 25.0 Å². The van der Waals surface area contributed by atoms with E-state index in [4.69, 9.17) is 4.55 Å². The van der Waals surface area contributed by atoms with E-state index in [1.54, 1.807) is 0 Å². The molecule has 0 aromatic heterocycles. The van der Waals surface area contributed by atoms with Crippen LogP contribution in [-0.2, 0) is 18.7 Å². The highest BCUT2D eigenvalue weighted by Crippen LogP contribution is 2.33. The lowest BCUT2D eigenvalue weighted by molar-refractivity contribution is -0.122. The van der Waals surface area contributed by atoms with Crippen LogP contribution in [-0.4, -0.2) is 72.7 Å². The maximum absolute atomic E-state index is 11.8. The summed E-state index contributed by atoms with van der Waals surface area (Å²) in [5, 5.41) is 11.4. The van der Waals surface area contributed by atoms with E-state index < -0.39 is 20.8 Å². The minimum absolute atomic E-state index is 0.0988. The Morgan fingerprint density at radius 1 is 1.19 bits per heavy atom. The SMILES string of the molecule is O=C(CCCC[C@@H]1SC[C@@H]2NC(=O)N[C@@H]21)NCCNC(=O)CSS(=O)(=O)O. The molecule has 10 nitrogen and oxygen atoms in total. The molecule has 0 unspecified atom stereocenters. The maximum Gasteiger partial charge on any atom is 0.320 e. The molecule has 0 aliphatic carbocycles. The van der Waals surface area contributed by atoms with E-state index >= 15 is 0 Å². The van der Waals surface area contributed by atoms with Gasteiger partial charge in [-0.05, 0) is 12.8 Å². The number of fused-ring (bicyclic) bond motifs is 1. The molecule has 154 valence electrons. The van der Waals surface area contributed by atoms with Crippen LogP contribution in [0.1, 0.15) is 25.7 Å². The van der Waals surface area contributed by atoms with Crippen molar-refractivity contribution in [3.8, 4) is 0 Å². The van der Waals surface area contributed by atoms with Gasteiger partial charge in [0.15, 0.2) is 0 Å². The monoisotopic (exact) mass is 440 g/mol. The number of amides is 4. The van der Waals surface area contributed by atoms with Gasteiger partial charge >= 0.3 is 15.2 Å². The Bertz CT molecular complexity index is 659. The molecule has 0 bridgehead atoms. The number of unbranched alkanes of at least 4 members (excludes halogenated alkanes) is 1. The zero-order valence-electron chi connectivity index (χ0n) is 14.6. The summed E-state index contributed by atoms with van der Waals surface area (Å²) in [6.45, 7) is 0.437. The molecule has 5 N–H and O–H groups in total. The van der Waals surface area contributed by atoms with Gasteiger partial charge in [-0.25, -0.2) is 4.79 Å². The van der Waals surface area contributed by atoms with Crippen LogP contribution in [0.5, 0.6) is 0 Å². The Hall–Kier alpha value is -1.18. The first-order valence-electron chi connectivity index (χ1n) is 8.58. The van der Waals surface area contributed by atoms with Gasteiger partial charge in [0.25, 0.3) is 0 Å². The predicted octanol–water partition coefficient (Wildman–Crippen LogP) is -0.519. The zero-order chi connectivity index (χ0) is 19.9. The second-order valence-electron chi connectivity index (χ2n) is 6.26. The van der Waals surface area contributed by atoms with Gasteiger partial charge in [0.05, 0.1) is 17.8 Å². The van der Waals surface area contributed by atoms with E-state index in [0.29, 0.717) is 11.7 Å². The number of carbonyl (C=O) groups is 3. The largest absolute Gasteiger partial charge is 0.354 e. The van der Waals surface area contributed by atoms with Crippen LogP contribution in [0, 0.1) is 0 Å². The molecule has 2 saturated heterocycles. The average Bonchev–Trinajstić information content (AvgIpc) is 3.12. The summed E-state index contributed by atoms with van der Waals surface area (Å²) >= 11 is 1.85. The predicted molar refractivity (Wildman–Crippen MR) is 104 cm³/mol. The molecular weight excluding hydrogens is 416 g/mol. The Morgan fingerprint density at radius 3 is 2.59 bits per heavy atom. The molecule has 0 aromatic rings. The molecule has 2 heterocycles. The molecule has 2 rings (SSSR count). The van der Waals surface area contributed by atoms with E-state index in [-0.39, 0.29) is 47.9 Å². The van der Waals surface area contributed by atoms with E-state index in [2.05, 4.69) is 21.3 Å². The molecule has 0 aromatic carbocycles. The van der Waals surface area contributed by atoms with Gasteiger partial charge in [-0.3, -0.25) is 14.1 Å². The molecule has 13 heteroatoms. The lowest BCUT2D eigenvalue weighted by Gasteiger charge is -2.16. The van der Waals surface area contributed by atoms with Crippen LogP contribution >= 0.6 is 22.6 Å². The quantitative estimate of drug-likeness (QED) is 0.124. The van der Waals surface area contributed by atoms with Gasteiger partial charge in [0, 0.05) is 41.3 Å². The van der Waals surface area contributed by atoms with Crippen LogP contribution in [0.25, 0.3) is 0 Å². The number of hydrogen-bond acceptors (Lipinski definition) is 7. The summed E-state index contributed by atoms with van der Waals surface area (Å²) in [6, 6.07) is 0.291. The number of carbonyl (C=O) groups excluding carboxylic acids is 3. The average molecular weight is 441 g/mol. The molecule has 0 spiro atoms. The normalized spacial score (nSPS) is 24.0. The number of nitrogens with one attached hydrogen (secondary N) is 4. The number of hydrogen-bond donors (Lipinski definition) is 5. The van der Waals surface area contributed by atoms with Crippen LogP contribution in [0.2, 0.25) is 0 Å². The van der Waals surface area contributed by atoms with Crippen molar-refractivity contribution in [3.63, 3.8) is 0 Å². The third-order valence-corrected chi connectivity index (χ3v) is 7.62. The van der Waals surface area contributed by atoms with Crippen molar-refractivity contribution in [3.05, 3.63) is 0 Å². The third kappa shape index (κ3) is 8.15. The van der Waals surface area contributed by atoms with Crippen LogP contribution in [0.4, 0.5) is 4.79 Å². The van der Waals surface area contributed by atoms with E-state index in [1.807, 2.05) is 11.8 Å². The van der Waals surface area contributed by atoms with Crippen molar-refractivity contribution < 1.29 is 27.4 Å². The Balaban J connectivity index is 1.47. The smallest absolute Gasteiger partial charge is 0.320 e. The van der Waals surface area contributed by atoms with Crippen LogP contribution < -0.4 is 21.3 Å². The fourth-order valence-electron chi connectivity index (χ4n) is 2.95. The third-order valence-electron chi connectivity index (χ3n) is 4.19. The Morgan fingerprint density at radius 2 is 1.89 bits per heavy atom. The van der Waals surface area contributed by atoms with E-state index in [9.17, 15) is 22.8 Å². The molecular formula is C14H24N4O6S3. The van der Waals surface area contributed by atoms with Crippen molar-refractivity contribution in [2.24, 2.45) is 0 Å². The number of rotatable bonds is 11. The standard InChI is InChI=1S/C14H24N4O6S3/c19-11(15-5-6-16-12(20)8-26-27(22,23)24)4-2-1-3-10-13-9(7-25-10)17-14(21)18-13/h9-10,13H,1-8H2,(H,15,19)(H,16,20)(H2,17,18,21)(H,22,23,24)/t9-,10-,13-/m0/s1. The summed E-state index contributed by atoms with van der Waals surface area (Å²) in [6.07, 6.45) is 2.98. The summed E-state index contributed by atoms with van der Waals surface area (Å²) in [5.74, 6) is -0.121. The van der Waals surface area contributed by atoms with Gasteiger partial charge < -0.3 is 21.3 Å². The molecule has 2 aliphatic heterocycles. The fraction of sp³-hybridized carbons (Fsp3) is 0.786. The minimum atomic E-state index is -4.23. The lowest BCUT2D eigenvalue weighted by atomic mass is 10.0. The highest BCUT2D eigenvalue weighted by atomic mass is 33.1. The minimum Gasteiger partial charge on any atom is -0.354 e. The first kappa shape index (κ1) is 22.1. The van der Waals surface area contributed by atoms with Crippen LogP contribution in [0.3, 0.4) is 0 Å². The molecule has 2 aliphatic rings. The van der Waals surface area contributed by atoms with Gasteiger partial charge in [0.2, 0.25) is 11.8 Å². The summed E-state index contributed by atoms with van der Waals surface area (Å²) in [4.78, 5) is 34.4. The molecule has 0 radical (unpaired) electrons. The Labute approximate surface area is 165 Å². The molecule has 27 heavy (non-hydrogen) atoms. The molecule has 4 amide bonds. The molecule has 0 saturated carbocycles. The second-order valence-corrected chi connectivity index (χ2v) is 10.9. The lowest BCUT2D eigenvalue weighted by Crippen LogP contribution is -2.36. The maximum atomic E-state index is 11.8. The zero-order valence-corrected chi connectivity index (χ0v) is 17.1. The second kappa shape index (κ2) is 10.4. The van der Waals surface area contributed by atoms with Gasteiger partial charge in [0.1, 0.15) is 0 Å². The van der Waals surface area contributed by atoms with E-state index in [1.165, 1.54) is 0 Å². The first-order valence-corrected chi connectivity index (χ1v) is 12.6. The van der Waals surface area contributed by atoms with Gasteiger partial charge in [-0.2, -0.15) is 20.2 Å². The fourth-order valence-corrected chi connectivity index (χ4v) is 5.61. The van der Waals surface area contributed by atoms with Crippen molar-refractivity contribution in [1.82, 2.24) is 21.3 Å². The first-order chi connectivity index (χ1) is 12.7. The molecule has 3 atom stereocenters. The summed E-state index contributed by atoms with van der Waals surface area (Å²) < 4.78 is 29.5. The Kier molecular flexibility index (Phi) is 8.51. The number of thioether (sulfide) groups is 1. The van der Waals surface area contributed by atoms with Crippen molar-refractivity contribution in [2.45, 2.75) is 43.0 Å². The van der Waals surface area contributed by atoms with Crippen molar-refractivity contribution in [2.75, 3.05) is 24.6 Å². The highest BCUT2D eigenvalue weighted by Gasteiger charge is 2.42. The van der Waals surface area contributed by atoms with Crippen molar-refractivity contribution >= 4 is 49.6 Å². The number of urea groups is 1. The topological polar surface area (TPSA) is 154 Å². The summed E-state index contributed by atoms with van der Waals surface area (Å²) in [7, 11) is -4.09. The van der Waals surface area contributed by atoms with Gasteiger partial charge in [-0.15, -0.1) is 0 Å². The van der Waals surface area contributed by atoms with Crippen molar-refractivity contribution in [1.29, 1.82) is 0 Å². The van der Waals surface area contributed by atoms with Gasteiger partial charge in [-0.1, -0.05) is 6.42 Å². The summed E-state index contributed by atoms with van der Waals surface area (Å²) in [5.41, 5.74) is 0. The highest BCUT2D eigenvalue weighted by molar-refractivity contribution is 8.70. The molecule has 2 fully saturated rings. The van der Waals surface area contributed by atoms with Crippen LogP contribution in [0.15, 0.2) is 0 Å².